The summed E-state index contributed by atoms with van der Waals surface area (Å²) in [5.74, 6) is -0.407. The van der Waals surface area contributed by atoms with E-state index in [0.717, 1.165) is 18.4 Å². The summed E-state index contributed by atoms with van der Waals surface area (Å²) in [4.78, 5) is 15.2. The molecule has 1 unspecified atom stereocenters. The van der Waals surface area contributed by atoms with Gasteiger partial charge in [-0.2, -0.15) is 0 Å². The number of nitrogens with one attached hydrogen (secondary N) is 1. The molecule has 2 rings (SSSR count). The molecule has 5 nitrogen and oxygen atoms in total. The van der Waals surface area contributed by atoms with Gasteiger partial charge in [0.15, 0.2) is 0 Å². The van der Waals surface area contributed by atoms with Crippen molar-refractivity contribution in [2.75, 3.05) is 6.54 Å². The van der Waals surface area contributed by atoms with Crippen molar-refractivity contribution < 1.29 is 9.90 Å². The lowest BCUT2D eigenvalue weighted by atomic mass is 10.0. The Hall–Kier alpha value is -2.24. The molecule has 23 heavy (non-hydrogen) atoms. The Kier molecular flexibility index (Phi) is 6.26. The van der Waals surface area contributed by atoms with E-state index in [2.05, 4.69) is 17.2 Å². The number of carbonyl (C=O) groups is 1. The van der Waals surface area contributed by atoms with Crippen LogP contribution >= 0.6 is 0 Å². The lowest BCUT2D eigenvalue weighted by Crippen LogP contribution is -2.31. The Labute approximate surface area is 136 Å². The average molecular weight is 313 g/mol. The van der Waals surface area contributed by atoms with Gasteiger partial charge in [0.1, 0.15) is 6.10 Å². The van der Waals surface area contributed by atoms with Crippen molar-refractivity contribution >= 4 is 5.91 Å². The van der Waals surface area contributed by atoms with Crippen LogP contribution in [0.5, 0.6) is 0 Å². The van der Waals surface area contributed by atoms with Crippen molar-refractivity contribution in [3.8, 4) is 0 Å². The van der Waals surface area contributed by atoms with E-state index < -0.39 is 12.0 Å². The zero-order chi connectivity index (χ0) is 16.7. The van der Waals surface area contributed by atoms with Crippen molar-refractivity contribution in [3.63, 3.8) is 0 Å². The maximum absolute atomic E-state index is 11.0. The summed E-state index contributed by atoms with van der Waals surface area (Å²) in [7, 11) is 0. The number of rotatable bonds is 8. The second-order valence-corrected chi connectivity index (χ2v) is 5.68. The van der Waals surface area contributed by atoms with E-state index in [1.807, 2.05) is 30.3 Å². The third-order valence-electron chi connectivity index (χ3n) is 3.79. The molecule has 0 aliphatic heterocycles. The molecule has 0 spiro atoms. The Morgan fingerprint density at radius 2 is 2.00 bits per heavy atom. The molecule has 0 aliphatic rings. The van der Waals surface area contributed by atoms with Crippen molar-refractivity contribution in [1.82, 2.24) is 10.3 Å². The summed E-state index contributed by atoms with van der Waals surface area (Å²) in [5, 5.41) is 13.4. The number of nitrogens with two attached hydrogens (primary N) is 1. The zero-order valence-corrected chi connectivity index (χ0v) is 13.3. The number of nitrogens with zero attached hydrogens (tertiary/aromatic N) is 1. The largest absolute Gasteiger partial charge is 0.385 e. The van der Waals surface area contributed by atoms with E-state index in [0.29, 0.717) is 17.8 Å². The Bertz CT molecular complexity index is 614. The highest BCUT2D eigenvalue weighted by molar-refractivity contribution is 5.92. The molecule has 0 bridgehead atoms. The molecular weight excluding hydrogens is 290 g/mol. The summed E-state index contributed by atoms with van der Waals surface area (Å²) in [5.41, 5.74) is 7.59. The molecule has 4 N–H and O–H groups in total. The molecule has 2 atom stereocenters. The number of aliphatic hydroxyl groups excluding tert-OH is 1. The van der Waals surface area contributed by atoms with Crippen LogP contribution in [-0.4, -0.2) is 28.6 Å². The van der Waals surface area contributed by atoms with Crippen LogP contribution in [0, 0.1) is 0 Å². The highest BCUT2D eigenvalue weighted by atomic mass is 16.3. The van der Waals surface area contributed by atoms with Crippen molar-refractivity contribution in [1.29, 1.82) is 0 Å². The monoisotopic (exact) mass is 313 g/mol. The number of hydrogen-bond donors (Lipinski definition) is 3. The van der Waals surface area contributed by atoms with Gasteiger partial charge in [-0.05, 0) is 49.6 Å². The molecule has 1 amide bonds. The molecular formula is C18H23N3O2. The molecule has 122 valence electrons. The van der Waals surface area contributed by atoms with E-state index in [1.54, 1.807) is 18.3 Å². The second-order valence-electron chi connectivity index (χ2n) is 5.68. The third-order valence-corrected chi connectivity index (χ3v) is 3.79. The van der Waals surface area contributed by atoms with Crippen LogP contribution in [0.1, 0.15) is 41.1 Å². The summed E-state index contributed by atoms with van der Waals surface area (Å²) >= 11 is 0. The van der Waals surface area contributed by atoms with Crippen LogP contribution in [0.25, 0.3) is 0 Å². The molecule has 1 heterocycles. The first-order valence-electron chi connectivity index (χ1n) is 7.77. The number of aryl methyl sites for hydroxylation is 1. The minimum atomic E-state index is -0.603. The maximum Gasteiger partial charge on any atom is 0.248 e. The van der Waals surface area contributed by atoms with Gasteiger partial charge in [0.2, 0.25) is 5.91 Å². The van der Waals surface area contributed by atoms with Crippen LogP contribution in [0.2, 0.25) is 0 Å². The van der Waals surface area contributed by atoms with Crippen LogP contribution in [0.4, 0.5) is 0 Å². The summed E-state index contributed by atoms with van der Waals surface area (Å²) in [6, 6.07) is 13.1. The standard InChI is InChI=1S/C18H23N3O2/c1-13(21-12-17(22)16-4-2-3-11-20-16)5-6-14-7-9-15(10-8-14)18(19)23/h2-4,7-11,13,17,21-22H,5-6,12H2,1H3,(H2,19,23)/t13-,17?/m1/s1. The van der Waals surface area contributed by atoms with Gasteiger partial charge >= 0.3 is 0 Å². The summed E-state index contributed by atoms with van der Waals surface area (Å²) in [6.45, 7) is 2.56. The van der Waals surface area contributed by atoms with Crippen molar-refractivity contribution in [2.45, 2.75) is 31.9 Å². The number of aromatic nitrogens is 1. The molecule has 0 fully saturated rings. The van der Waals surface area contributed by atoms with Crippen molar-refractivity contribution in [3.05, 3.63) is 65.5 Å². The minimum Gasteiger partial charge on any atom is -0.385 e. The topological polar surface area (TPSA) is 88.2 Å². The van der Waals surface area contributed by atoms with E-state index in [4.69, 9.17) is 5.73 Å². The highest BCUT2D eigenvalue weighted by Crippen LogP contribution is 2.10. The number of primary amides is 1. The fourth-order valence-corrected chi connectivity index (χ4v) is 2.31. The first-order chi connectivity index (χ1) is 11.1. The van der Waals surface area contributed by atoms with E-state index in [1.165, 1.54) is 0 Å². The number of aliphatic hydroxyl groups is 1. The lowest BCUT2D eigenvalue weighted by molar-refractivity contribution is 0.100. The third kappa shape index (κ3) is 5.47. The van der Waals surface area contributed by atoms with Gasteiger partial charge in [0.25, 0.3) is 0 Å². The van der Waals surface area contributed by atoms with Gasteiger partial charge in [-0.3, -0.25) is 9.78 Å². The molecule has 1 aromatic heterocycles. The van der Waals surface area contributed by atoms with Crippen LogP contribution in [-0.2, 0) is 6.42 Å². The van der Waals surface area contributed by atoms with E-state index in [9.17, 15) is 9.90 Å². The summed E-state index contributed by atoms with van der Waals surface area (Å²) in [6.07, 6.45) is 2.91. The van der Waals surface area contributed by atoms with Gasteiger partial charge in [-0.25, -0.2) is 0 Å². The smallest absolute Gasteiger partial charge is 0.248 e. The average Bonchev–Trinajstić information content (AvgIpc) is 2.59. The normalized spacial score (nSPS) is 13.5. The molecule has 0 radical (unpaired) electrons. The van der Waals surface area contributed by atoms with Gasteiger partial charge < -0.3 is 16.2 Å². The second kappa shape index (κ2) is 8.41. The molecule has 5 heteroatoms. The quantitative estimate of drug-likeness (QED) is 0.693. The lowest BCUT2D eigenvalue weighted by Gasteiger charge is -2.17. The van der Waals surface area contributed by atoms with Crippen LogP contribution in [0.15, 0.2) is 48.7 Å². The Morgan fingerprint density at radius 1 is 1.26 bits per heavy atom. The molecule has 0 saturated carbocycles. The molecule has 2 aromatic rings. The first-order valence-corrected chi connectivity index (χ1v) is 7.77. The van der Waals surface area contributed by atoms with Gasteiger partial charge in [-0.15, -0.1) is 0 Å². The molecule has 0 saturated heterocycles. The van der Waals surface area contributed by atoms with E-state index >= 15 is 0 Å². The van der Waals surface area contributed by atoms with Gasteiger partial charge in [0.05, 0.1) is 5.69 Å². The van der Waals surface area contributed by atoms with Crippen molar-refractivity contribution in [2.24, 2.45) is 5.73 Å². The number of carbonyl (C=O) groups excluding carboxylic acids is 1. The van der Waals surface area contributed by atoms with Crippen LogP contribution in [0.3, 0.4) is 0 Å². The van der Waals surface area contributed by atoms with Crippen LogP contribution < -0.4 is 11.1 Å². The number of benzene rings is 1. The number of hydrogen-bond acceptors (Lipinski definition) is 4. The fourth-order valence-electron chi connectivity index (χ4n) is 2.31. The van der Waals surface area contributed by atoms with E-state index in [-0.39, 0.29) is 6.04 Å². The molecule has 1 aromatic carbocycles. The highest BCUT2D eigenvalue weighted by Gasteiger charge is 2.10. The Morgan fingerprint density at radius 3 is 2.61 bits per heavy atom. The Balaban J connectivity index is 1.74. The van der Waals surface area contributed by atoms with Gasteiger partial charge in [-0.1, -0.05) is 18.2 Å². The first kappa shape index (κ1) is 17.1. The number of pyridine rings is 1. The molecule has 0 aliphatic carbocycles. The number of amides is 1. The minimum absolute atomic E-state index is 0.268. The predicted molar refractivity (Wildman–Crippen MR) is 89.9 cm³/mol. The fraction of sp³-hybridized carbons (Fsp3) is 0.333. The summed E-state index contributed by atoms with van der Waals surface area (Å²) < 4.78 is 0. The SMILES string of the molecule is C[C@H](CCc1ccc(C(N)=O)cc1)NCC(O)c1ccccn1. The maximum atomic E-state index is 11.0. The predicted octanol–water partition coefficient (Wildman–Crippen LogP) is 1.82. The zero-order valence-electron chi connectivity index (χ0n) is 13.3. The van der Waals surface area contributed by atoms with Gasteiger partial charge in [0, 0.05) is 24.3 Å².